The predicted molar refractivity (Wildman–Crippen MR) is 68.5 cm³/mol. The number of ether oxygens (including phenoxy) is 2. The van der Waals surface area contributed by atoms with Gasteiger partial charge in [0.25, 0.3) is 0 Å². The molecule has 0 N–H and O–H groups in total. The zero-order chi connectivity index (χ0) is 12.1. The van der Waals surface area contributed by atoms with E-state index in [1.807, 2.05) is 48.5 Å². The van der Waals surface area contributed by atoms with Crippen molar-refractivity contribution in [1.82, 2.24) is 0 Å². The van der Waals surface area contributed by atoms with E-state index in [1.54, 1.807) is 7.11 Å². The van der Waals surface area contributed by atoms with Gasteiger partial charge in [-0.1, -0.05) is 24.3 Å². The Morgan fingerprint density at radius 1 is 0.941 bits per heavy atom. The van der Waals surface area contributed by atoms with Crippen LogP contribution in [0.5, 0.6) is 11.5 Å². The lowest BCUT2D eigenvalue weighted by atomic mass is 10.1. The molecule has 0 spiro atoms. The minimum atomic E-state index is 0.563. The van der Waals surface area contributed by atoms with Gasteiger partial charge in [0.05, 0.1) is 7.11 Å². The molecule has 0 unspecified atom stereocenters. The van der Waals surface area contributed by atoms with Crippen molar-refractivity contribution in [2.45, 2.75) is 13.5 Å². The Morgan fingerprint density at radius 3 is 2.41 bits per heavy atom. The monoisotopic (exact) mass is 228 g/mol. The number of hydrogen-bond acceptors (Lipinski definition) is 2. The molecule has 2 heteroatoms. The largest absolute Gasteiger partial charge is 0.497 e. The second-order valence-corrected chi connectivity index (χ2v) is 3.89. The molecular weight excluding hydrogens is 212 g/mol. The van der Waals surface area contributed by atoms with Crippen LogP contribution in [0.15, 0.2) is 48.5 Å². The van der Waals surface area contributed by atoms with Gasteiger partial charge in [0, 0.05) is 0 Å². The van der Waals surface area contributed by atoms with Gasteiger partial charge >= 0.3 is 0 Å². The van der Waals surface area contributed by atoms with Gasteiger partial charge in [-0.05, 0) is 42.3 Å². The molecule has 0 saturated heterocycles. The van der Waals surface area contributed by atoms with Crippen molar-refractivity contribution >= 4 is 0 Å². The van der Waals surface area contributed by atoms with E-state index >= 15 is 0 Å². The average Bonchev–Trinajstić information content (AvgIpc) is 2.39. The lowest BCUT2D eigenvalue weighted by Gasteiger charge is -2.10. The van der Waals surface area contributed by atoms with Gasteiger partial charge in [-0.25, -0.2) is 0 Å². The lowest BCUT2D eigenvalue weighted by Crippen LogP contribution is -1.98. The first-order valence-corrected chi connectivity index (χ1v) is 5.61. The Morgan fingerprint density at radius 2 is 1.71 bits per heavy atom. The minimum absolute atomic E-state index is 0.563. The molecule has 0 saturated carbocycles. The molecule has 17 heavy (non-hydrogen) atoms. The fraction of sp³-hybridized carbons (Fsp3) is 0.200. The molecule has 0 radical (unpaired) electrons. The molecule has 0 aliphatic heterocycles. The second kappa shape index (κ2) is 5.39. The highest BCUT2D eigenvalue weighted by molar-refractivity contribution is 5.35. The molecule has 0 bridgehead atoms. The van der Waals surface area contributed by atoms with Gasteiger partial charge in [0.15, 0.2) is 0 Å². The molecule has 0 aromatic heterocycles. The van der Waals surface area contributed by atoms with Crippen molar-refractivity contribution in [1.29, 1.82) is 0 Å². The van der Waals surface area contributed by atoms with E-state index in [4.69, 9.17) is 9.47 Å². The number of methoxy groups -OCH3 is 1. The van der Waals surface area contributed by atoms with Crippen molar-refractivity contribution in [2.24, 2.45) is 0 Å². The number of aryl methyl sites for hydroxylation is 1. The lowest BCUT2D eigenvalue weighted by molar-refractivity contribution is 0.304. The summed E-state index contributed by atoms with van der Waals surface area (Å²) < 4.78 is 10.9. The maximum atomic E-state index is 5.72. The van der Waals surface area contributed by atoms with Crippen LogP contribution in [0.2, 0.25) is 0 Å². The van der Waals surface area contributed by atoms with Gasteiger partial charge < -0.3 is 9.47 Å². The molecule has 88 valence electrons. The van der Waals surface area contributed by atoms with Crippen LogP contribution in [0, 0.1) is 6.92 Å². The van der Waals surface area contributed by atoms with E-state index in [-0.39, 0.29) is 0 Å². The molecule has 2 nitrogen and oxygen atoms in total. The van der Waals surface area contributed by atoms with Crippen molar-refractivity contribution in [2.75, 3.05) is 7.11 Å². The summed E-state index contributed by atoms with van der Waals surface area (Å²) in [7, 11) is 1.67. The first-order valence-electron chi connectivity index (χ1n) is 5.61. The molecule has 2 aromatic carbocycles. The molecule has 0 fully saturated rings. The van der Waals surface area contributed by atoms with Crippen LogP contribution < -0.4 is 9.47 Å². The maximum Gasteiger partial charge on any atom is 0.119 e. The summed E-state index contributed by atoms with van der Waals surface area (Å²) in [5, 5.41) is 0. The SMILES string of the molecule is COc1ccc(C)c(COc2ccccc2)c1. The highest BCUT2D eigenvalue weighted by Gasteiger charge is 2.01. The Kier molecular flexibility index (Phi) is 3.66. The molecule has 2 rings (SSSR count). The summed E-state index contributed by atoms with van der Waals surface area (Å²) in [6.45, 7) is 2.64. The summed E-state index contributed by atoms with van der Waals surface area (Å²) >= 11 is 0. The van der Waals surface area contributed by atoms with Gasteiger partial charge in [-0.2, -0.15) is 0 Å². The van der Waals surface area contributed by atoms with Crippen molar-refractivity contribution in [3.05, 3.63) is 59.7 Å². The van der Waals surface area contributed by atoms with E-state index in [0.29, 0.717) is 6.61 Å². The summed E-state index contributed by atoms with van der Waals surface area (Å²) in [6.07, 6.45) is 0. The molecule has 0 heterocycles. The highest BCUT2D eigenvalue weighted by Crippen LogP contribution is 2.19. The minimum Gasteiger partial charge on any atom is -0.497 e. The molecule has 0 aliphatic carbocycles. The molecular formula is C15H16O2. The van der Waals surface area contributed by atoms with Crippen molar-refractivity contribution < 1.29 is 9.47 Å². The first kappa shape index (κ1) is 11.5. The van der Waals surface area contributed by atoms with E-state index in [2.05, 4.69) is 6.92 Å². The predicted octanol–water partition coefficient (Wildman–Crippen LogP) is 3.58. The molecule has 0 atom stereocenters. The summed E-state index contributed by atoms with van der Waals surface area (Å²) in [5.74, 6) is 1.75. The molecule has 0 amide bonds. The average molecular weight is 228 g/mol. The maximum absolute atomic E-state index is 5.72. The molecule has 2 aromatic rings. The van der Waals surface area contributed by atoms with Crippen LogP contribution in [-0.4, -0.2) is 7.11 Å². The van der Waals surface area contributed by atoms with E-state index in [9.17, 15) is 0 Å². The number of para-hydroxylation sites is 1. The van der Waals surface area contributed by atoms with Crippen LogP contribution in [0.25, 0.3) is 0 Å². The van der Waals surface area contributed by atoms with Crippen LogP contribution in [0.4, 0.5) is 0 Å². The summed E-state index contributed by atoms with van der Waals surface area (Å²) in [6, 6.07) is 15.8. The summed E-state index contributed by atoms with van der Waals surface area (Å²) in [4.78, 5) is 0. The highest BCUT2D eigenvalue weighted by atomic mass is 16.5. The van der Waals surface area contributed by atoms with Crippen molar-refractivity contribution in [3.63, 3.8) is 0 Å². The van der Waals surface area contributed by atoms with Gasteiger partial charge in [0.1, 0.15) is 18.1 Å². The normalized spacial score (nSPS) is 10.0. The standard InChI is InChI=1S/C15H16O2/c1-12-8-9-15(16-2)10-13(12)11-17-14-6-4-3-5-7-14/h3-10H,11H2,1-2H3. The van der Waals surface area contributed by atoms with Crippen molar-refractivity contribution in [3.8, 4) is 11.5 Å². The van der Waals surface area contributed by atoms with Crippen LogP contribution in [-0.2, 0) is 6.61 Å². The fourth-order valence-electron chi connectivity index (χ4n) is 1.61. The smallest absolute Gasteiger partial charge is 0.119 e. The van der Waals surface area contributed by atoms with Crippen LogP contribution in [0.3, 0.4) is 0 Å². The number of hydrogen-bond donors (Lipinski definition) is 0. The van der Waals surface area contributed by atoms with Gasteiger partial charge in [-0.3, -0.25) is 0 Å². The Bertz CT molecular complexity index is 478. The van der Waals surface area contributed by atoms with E-state index in [1.165, 1.54) is 5.56 Å². The van der Waals surface area contributed by atoms with E-state index < -0.39 is 0 Å². The summed E-state index contributed by atoms with van der Waals surface area (Å²) in [5.41, 5.74) is 2.36. The fourth-order valence-corrected chi connectivity index (χ4v) is 1.61. The third kappa shape index (κ3) is 3.00. The second-order valence-electron chi connectivity index (χ2n) is 3.89. The van der Waals surface area contributed by atoms with E-state index in [0.717, 1.165) is 17.1 Å². The quantitative estimate of drug-likeness (QED) is 0.796. The van der Waals surface area contributed by atoms with Gasteiger partial charge in [0.2, 0.25) is 0 Å². The zero-order valence-electron chi connectivity index (χ0n) is 10.1. The molecule has 0 aliphatic rings. The topological polar surface area (TPSA) is 18.5 Å². The van der Waals surface area contributed by atoms with Gasteiger partial charge in [-0.15, -0.1) is 0 Å². The van der Waals surface area contributed by atoms with Crippen LogP contribution >= 0.6 is 0 Å². The number of benzene rings is 2. The Labute approximate surface area is 102 Å². The first-order chi connectivity index (χ1) is 8.29. The Hall–Kier alpha value is -1.96. The number of rotatable bonds is 4. The third-order valence-corrected chi connectivity index (χ3v) is 2.69. The third-order valence-electron chi connectivity index (χ3n) is 2.69. The zero-order valence-corrected chi connectivity index (χ0v) is 10.1. The van der Waals surface area contributed by atoms with Crippen LogP contribution in [0.1, 0.15) is 11.1 Å². The Balaban J connectivity index is 2.08.